The summed E-state index contributed by atoms with van der Waals surface area (Å²) in [6.45, 7) is 1.40. The Morgan fingerprint density at radius 1 is 1.10 bits per heavy atom. The first-order valence-electron chi connectivity index (χ1n) is 9.36. The summed E-state index contributed by atoms with van der Waals surface area (Å²) >= 11 is 0. The standard InChI is InChI=1S/C20H20N8O2/c1-27-19(29)16-18(28(20(27)30)12-13-3-2-9-22-11-13)26-25-17(24-16)14-4-6-15(7-5-14)23-10-8-21/h2-7,9,11,23H,8,10,12,21H2,1H3. The molecule has 0 unspecified atom stereocenters. The van der Waals surface area contributed by atoms with Gasteiger partial charge in [-0.15, -0.1) is 10.2 Å². The molecule has 30 heavy (non-hydrogen) atoms. The lowest BCUT2D eigenvalue weighted by Gasteiger charge is -2.11. The van der Waals surface area contributed by atoms with Gasteiger partial charge in [0.05, 0.1) is 6.54 Å². The maximum atomic E-state index is 12.7. The van der Waals surface area contributed by atoms with Crippen LogP contribution >= 0.6 is 0 Å². The summed E-state index contributed by atoms with van der Waals surface area (Å²) in [5.41, 5.74) is 7.12. The monoisotopic (exact) mass is 404 g/mol. The minimum Gasteiger partial charge on any atom is -0.384 e. The van der Waals surface area contributed by atoms with Gasteiger partial charge in [-0.05, 0) is 35.9 Å². The maximum Gasteiger partial charge on any atom is 0.332 e. The van der Waals surface area contributed by atoms with Crippen molar-refractivity contribution in [2.24, 2.45) is 12.8 Å². The molecule has 152 valence electrons. The van der Waals surface area contributed by atoms with Crippen LogP contribution in [0.1, 0.15) is 5.56 Å². The zero-order valence-electron chi connectivity index (χ0n) is 16.3. The van der Waals surface area contributed by atoms with Crippen LogP contribution in [0.3, 0.4) is 0 Å². The van der Waals surface area contributed by atoms with Crippen LogP contribution in [0.4, 0.5) is 5.69 Å². The lowest BCUT2D eigenvalue weighted by molar-refractivity contribution is 0.659. The molecule has 0 radical (unpaired) electrons. The predicted octanol–water partition coefficient (Wildman–Crippen LogP) is 0.366. The van der Waals surface area contributed by atoms with Crippen LogP contribution in [0.15, 0.2) is 58.4 Å². The molecule has 0 saturated carbocycles. The van der Waals surface area contributed by atoms with Gasteiger partial charge >= 0.3 is 5.69 Å². The number of rotatable bonds is 6. The fraction of sp³-hybridized carbons (Fsp3) is 0.200. The Labute approximate surface area is 171 Å². The minimum atomic E-state index is -0.519. The highest BCUT2D eigenvalue weighted by atomic mass is 16.2. The van der Waals surface area contributed by atoms with Gasteiger partial charge in [0, 0.05) is 43.8 Å². The van der Waals surface area contributed by atoms with Crippen LogP contribution in [0.5, 0.6) is 0 Å². The van der Waals surface area contributed by atoms with E-state index in [0.717, 1.165) is 15.8 Å². The van der Waals surface area contributed by atoms with E-state index in [-0.39, 0.29) is 17.7 Å². The van der Waals surface area contributed by atoms with Gasteiger partial charge < -0.3 is 11.1 Å². The lowest BCUT2D eigenvalue weighted by atomic mass is 10.2. The van der Waals surface area contributed by atoms with Crippen molar-refractivity contribution in [1.82, 2.24) is 29.3 Å². The number of benzene rings is 1. The molecular weight excluding hydrogens is 384 g/mol. The molecule has 3 aromatic heterocycles. The van der Waals surface area contributed by atoms with Gasteiger partial charge in [0.2, 0.25) is 0 Å². The van der Waals surface area contributed by atoms with Crippen molar-refractivity contribution in [2.75, 3.05) is 18.4 Å². The summed E-state index contributed by atoms with van der Waals surface area (Å²) in [6.07, 6.45) is 3.30. The minimum absolute atomic E-state index is 0.0799. The van der Waals surface area contributed by atoms with Gasteiger partial charge in [-0.2, -0.15) is 0 Å². The smallest absolute Gasteiger partial charge is 0.332 e. The first-order valence-corrected chi connectivity index (χ1v) is 9.36. The van der Waals surface area contributed by atoms with Crippen LogP contribution in [0.2, 0.25) is 0 Å². The average Bonchev–Trinajstić information content (AvgIpc) is 2.80. The Bertz CT molecular complexity index is 1300. The Kier molecular flexibility index (Phi) is 5.31. The van der Waals surface area contributed by atoms with Crippen LogP contribution < -0.4 is 22.3 Å². The largest absolute Gasteiger partial charge is 0.384 e. The molecule has 4 aromatic rings. The molecule has 0 fully saturated rings. The summed E-state index contributed by atoms with van der Waals surface area (Å²) in [5.74, 6) is 0.302. The van der Waals surface area contributed by atoms with Crippen LogP contribution in [0.25, 0.3) is 22.6 Å². The molecule has 10 heteroatoms. The SMILES string of the molecule is Cn1c(=O)c2nc(-c3ccc(NCCN)cc3)nnc2n(Cc2cccnc2)c1=O. The highest BCUT2D eigenvalue weighted by Crippen LogP contribution is 2.18. The number of nitrogens with two attached hydrogens (primary N) is 1. The van der Waals surface area contributed by atoms with Crippen molar-refractivity contribution in [3.05, 3.63) is 75.2 Å². The van der Waals surface area contributed by atoms with Gasteiger partial charge in [-0.25, -0.2) is 9.78 Å². The normalized spacial score (nSPS) is 11.0. The molecule has 0 amide bonds. The summed E-state index contributed by atoms with van der Waals surface area (Å²) in [6, 6.07) is 11.0. The van der Waals surface area contributed by atoms with E-state index in [1.54, 1.807) is 18.5 Å². The van der Waals surface area contributed by atoms with Crippen molar-refractivity contribution in [1.29, 1.82) is 0 Å². The predicted molar refractivity (Wildman–Crippen MR) is 113 cm³/mol. The van der Waals surface area contributed by atoms with E-state index >= 15 is 0 Å². The summed E-state index contributed by atoms with van der Waals surface area (Å²) in [5, 5.41) is 11.5. The molecule has 0 saturated heterocycles. The van der Waals surface area contributed by atoms with Gasteiger partial charge in [0.1, 0.15) is 0 Å². The molecule has 0 spiro atoms. The molecule has 0 aliphatic heterocycles. The Morgan fingerprint density at radius 2 is 1.90 bits per heavy atom. The molecule has 10 nitrogen and oxygen atoms in total. The summed E-state index contributed by atoms with van der Waals surface area (Å²) in [4.78, 5) is 33.9. The zero-order valence-corrected chi connectivity index (χ0v) is 16.3. The van der Waals surface area contributed by atoms with E-state index in [1.165, 1.54) is 11.6 Å². The van der Waals surface area contributed by atoms with E-state index in [1.807, 2.05) is 30.3 Å². The molecule has 0 atom stereocenters. The molecule has 0 bridgehead atoms. The van der Waals surface area contributed by atoms with Crippen molar-refractivity contribution in [2.45, 2.75) is 6.54 Å². The molecule has 0 aliphatic rings. The second kappa shape index (κ2) is 8.21. The third-order valence-electron chi connectivity index (χ3n) is 4.63. The molecule has 4 rings (SSSR count). The number of hydrogen-bond donors (Lipinski definition) is 2. The molecule has 3 heterocycles. The molecule has 0 aliphatic carbocycles. The number of pyridine rings is 1. The first-order chi connectivity index (χ1) is 14.6. The number of nitrogens with zero attached hydrogens (tertiary/aromatic N) is 6. The van der Waals surface area contributed by atoms with E-state index in [2.05, 4.69) is 25.5 Å². The van der Waals surface area contributed by atoms with E-state index in [4.69, 9.17) is 5.73 Å². The van der Waals surface area contributed by atoms with Crippen molar-refractivity contribution in [3.8, 4) is 11.4 Å². The van der Waals surface area contributed by atoms with Gasteiger partial charge in [0.15, 0.2) is 17.0 Å². The fourth-order valence-corrected chi connectivity index (χ4v) is 3.06. The fourth-order valence-electron chi connectivity index (χ4n) is 3.06. The van der Waals surface area contributed by atoms with Gasteiger partial charge in [-0.1, -0.05) is 6.07 Å². The van der Waals surface area contributed by atoms with Gasteiger partial charge in [-0.3, -0.25) is 18.9 Å². The second-order valence-electron chi connectivity index (χ2n) is 6.69. The van der Waals surface area contributed by atoms with Crippen molar-refractivity contribution in [3.63, 3.8) is 0 Å². The highest BCUT2D eigenvalue weighted by Gasteiger charge is 2.16. The number of hydrogen-bond acceptors (Lipinski definition) is 8. The number of anilines is 1. The summed E-state index contributed by atoms with van der Waals surface area (Å²) < 4.78 is 2.40. The summed E-state index contributed by atoms with van der Waals surface area (Å²) in [7, 11) is 1.42. The number of aromatic nitrogens is 6. The number of fused-ring (bicyclic) bond motifs is 1. The van der Waals surface area contributed by atoms with E-state index < -0.39 is 11.2 Å². The lowest BCUT2D eigenvalue weighted by Crippen LogP contribution is -2.39. The average molecular weight is 404 g/mol. The van der Waals surface area contributed by atoms with Crippen molar-refractivity contribution >= 4 is 16.9 Å². The van der Waals surface area contributed by atoms with Crippen molar-refractivity contribution < 1.29 is 0 Å². The topological polar surface area (TPSA) is 134 Å². The van der Waals surface area contributed by atoms with Crippen LogP contribution in [-0.4, -0.2) is 42.4 Å². The Balaban J connectivity index is 1.79. The Hall–Kier alpha value is -3.92. The van der Waals surface area contributed by atoms with Gasteiger partial charge in [0.25, 0.3) is 5.56 Å². The Morgan fingerprint density at radius 3 is 2.60 bits per heavy atom. The molecular formula is C20H20N8O2. The van der Waals surface area contributed by atoms with E-state index in [0.29, 0.717) is 24.5 Å². The zero-order chi connectivity index (χ0) is 21.1. The molecule has 3 N–H and O–H groups in total. The maximum absolute atomic E-state index is 12.7. The second-order valence-corrected chi connectivity index (χ2v) is 6.69. The highest BCUT2D eigenvalue weighted by molar-refractivity contribution is 5.71. The quantitative estimate of drug-likeness (QED) is 0.471. The third-order valence-corrected chi connectivity index (χ3v) is 4.63. The molecule has 1 aromatic carbocycles. The van der Waals surface area contributed by atoms with Crippen LogP contribution in [0, 0.1) is 0 Å². The van der Waals surface area contributed by atoms with E-state index in [9.17, 15) is 9.59 Å². The first kappa shape index (κ1) is 19.4. The third kappa shape index (κ3) is 3.67. The van der Waals surface area contributed by atoms with Crippen LogP contribution in [-0.2, 0) is 13.6 Å². The number of nitrogens with one attached hydrogen (secondary N) is 1.